The van der Waals surface area contributed by atoms with Gasteiger partial charge in [-0.2, -0.15) is 13.2 Å². The van der Waals surface area contributed by atoms with E-state index in [9.17, 15) is 22.8 Å². The van der Waals surface area contributed by atoms with Gasteiger partial charge in [-0.3, -0.25) is 14.6 Å². The number of fused-ring (bicyclic) bond motifs is 1. The van der Waals surface area contributed by atoms with E-state index < -0.39 is 17.6 Å². The number of aromatic nitrogens is 2. The lowest BCUT2D eigenvalue weighted by Gasteiger charge is -2.33. The van der Waals surface area contributed by atoms with Gasteiger partial charge in [0.15, 0.2) is 0 Å². The molecular weight excluding hydrogens is 409 g/mol. The summed E-state index contributed by atoms with van der Waals surface area (Å²) in [5.74, 6) is -0.782. The number of halogens is 3. The number of anilines is 2. The first-order valence-electron chi connectivity index (χ1n) is 9.59. The van der Waals surface area contributed by atoms with E-state index in [1.54, 1.807) is 35.9 Å². The van der Waals surface area contributed by atoms with E-state index >= 15 is 0 Å². The Morgan fingerprint density at radius 1 is 1.16 bits per heavy atom. The standard InChI is InChI=1S/C22H19F3N4O2/c1-13-11-15(7-9-26-13)20(30)27-18-8-10-28-14(2)12-29(21(31)19(18)28)17-5-3-16(4-6-17)22(23,24)25/h3-11,14H,12H2,1-2H3,(H,27,30)/t14-/m0/s1. The first-order chi connectivity index (χ1) is 14.6. The van der Waals surface area contributed by atoms with Gasteiger partial charge in [-0.15, -0.1) is 0 Å². The van der Waals surface area contributed by atoms with Crippen LogP contribution in [0.1, 0.15) is 45.1 Å². The number of nitrogens with one attached hydrogen (secondary N) is 1. The zero-order chi connectivity index (χ0) is 22.3. The molecule has 6 nitrogen and oxygen atoms in total. The molecule has 0 spiro atoms. The number of alkyl halides is 3. The summed E-state index contributed by atoms with van der Waals surface area (Å²) in [6.07, 6.45) is -1.20. The third kappa shape index (κ3) is 3.90. The Labute approximate surface area is 176 Å². The quantitative estimate of drug-likeness (QED) is 0.659. The molecule has 0 bridgehead atoms. The molecule has 1 aliphatic heterocycles. The molecule has 0 radical (unpaired) electrons. The summed E-state index contributed by atoms with van der Waals surface area (Å²) in [6.45, 7) is 3.96. The van der Waals surface area contributed by atoms with Crippen LogP contribution in [0.2, 0.25) is 0 Å². The average molecular weight is 428 g/mol. The summed E-state index contributed by atoms with van der Waals surface area (Å²) in [5.41, 5.74) is 1.29. The van der Waals surface area contributed by atoms with Crippen LogP contribution in [-0.4, -0.2) is 27.9 Å². The van der Waals surface area contributed by atoms with E-state index in [-0.39, 0.29) is 17.6 Å². The van der Waals surface area contributed by atoms with Crippen molar-refractivity contribution >= 4 is 23.2 Å². The lowest BCUT2D eigenvalue weighted by Crippen LogP contribution is -2.42. The van der Waals surface area contributed by atoms with Crippen LogP contribution >= 0.6 is 0 Å². The summed E-state index contributed by atoms with van der Waals surface area (Å²) in [4.78, 5) is 31.3. The molecule has 4 rings (SSSR count). The van der Waals surface area contributed by atoms with Crippen molar-refractivity contribution in [2.75, 3.05) is 16.8 Å². The van der Waals surface area contributed by atoms with Crippen molar-refractivity contribution in [1.82, 2.24) is 9.55 Å². The SMILES string of the molecule is Cc1cc(C(=O)Nc2ccn3c2C(=O)N(c2ccc(C(F)(F)F)cc2)C[C@@H]3C)ccn1. The maximum atomic E-state index is 13.2. The van der Waals surface area contributed by atoms with Crippen LogP contribution in [0, 0.1) is 6.92 Å². The molecule has 0 aliphatic carbocycles. The highest BCUT2D eigenvalue weighted by Crippen LogP contribution is 2.34. The zero-order valence-electron chi connectivity index (χ0n) is 16.8. The number of carbonyl (C=O) groups is 2. The van der Waals surface area contributed by atoms with Gasteiger partial charge in [-0.1, -0.05) is 0 Å². The molecule has 2 amide bonds. The summed E-state index contributed by atoms with van der Waals surface area (Å²) < 4.78 is 40.4. The fourth-order valence-electron chi connectivity index (χ4n) is 3.64. The smallest absolute Gasteiger partial charge is 0.337 e. The largest absolute Gasteiger partial charge is 0.416 e. The number of aryl methyl sites for hydroxylation is 1. The Morgan fingerprint density at radius 2 is 1.87 bits per heavy atom. The topological polar surface area (TPSA) is 67.2 Å². The normalized spacial score (nSPS) is 16.2. The van der Waals surface area contributed by atoms with Crippen LogP contribution < -0.4 is 10.2 Å². The minimum Gasteiger partial charge on any atom is -0.337 e. The van der Waals surface area contributed by atoms with Crippen LogP contribution in [0.4, 0.5) is 24.5 Å². The van der Waals surface area contributed by atoms with Crippen molar-refractivity contribution in [2.45, 2.75) is 26.1 Å². The third-order valence-corrected chi connectivity index (χ3v) is 5.20. The Balaban J connectivity index is 1.63. The summed E-state index contributed by atoms with van der Waals surface area (Å²) in [6, 6.07) is 9.19. The molecule has 1 aromatic carbocycles. The molecule has 0 fully saturated rings. The molecule has 1 N–H and O–H groups in total. The molecule has 9 heteroatoms. The number of benzene rings is 1. The van der Waals surface area contributed by atoms with Crippen molar-refractivity contribution in [3.8, 4) is 0 Å². The van der Waals surface area contributed by atoms with Crippen molar-refractivity contribution in [3.63, 3.8) is 0 Å². The Morgan fingerprint density at radius 3 is 2.52 bits per heavy atom. The highest BCUT2D eigenvalue weighted by molar-refractivity contribution is 6.13. The molecule has 1 aliphatic rings. The van der Waals surface area contributed by atoms with Gasteiger partial charge in [0.25, 0.3) is 11.8 Å². The highest BCUT2D eigenvalue weighted by Gasteiger charge is 2.34. The van der Waals surface area contributed by atoms with Gasteiger partial charge in [0.1, 0.15) is 5.69 Å². The van der Waals surface area contributed by atoms with Crippen LogP contribution in [0.3, 0.4) is 0 Å². The monoisotopic (exact) mass is 428 g/mol. The molecule has 3 aromatic rings. The minimum absolute atomic E-state index is 0.135. The number of nitrogens with zero attached hydrogens (tertiary/aromatic N) is 3. The number of hydrogen-bond acceptors (Lipinski definition) is 3. The van der Waals surface area contributed by atoms with Crippen molar-refractivity contribution in [2.24, 2.45) is 0 Å². The number of rotatable bonds is 3. The van der Waals surface area contributed by atoms with Crippen LogP contribution in [0.15, 0.2) is 54.9 Å². The molecule has 0 saturated carbocycles. The van der Waals surface area contributed by atoms with E-state index in [0.717, 1.165) is 12.1 Å². The minimum atomic E-state index is -4.45. The maximum absolute atomic E-state index is 13.2. The number of hydrogen-bond donors (Lipinski definition) is 1. The molecule has 160 valence electrons. The summed E-state index contributed by atoms with van der Waals surface area (Å²) >= 11 is 0. The van der Waals surface area contributed by atoms with Gasteiger partial charge < -0.3 is 14.8 Å². The number of amides is 2. The van der Waals surface area contributed by atoms with Crippen molar-refractivity contribution < 1.29 is 22.8 Å². The van der Waals surface area contributed by atoms with Gasteiger partial charge in [0.2, 0.25) is 0 Å². The summed E-state index contributed by atoms with van der Waals surface area (Å²) in [7, 11) is 0. The zero-order valence-corrected chi connectivity index (χ0v) is 16.8. The van der Waals surface area contributed by atoms with Gasteiger partial charge in [0.05, 0.1) is 11.3 Å². The Kier molecular flexibility index (Phi) is 5.04. The summed E-state index contributed by atoms with van der Waals surface area (Å²) in [5, 5.41) is 2.76. The predicted octanol–water partition coefficient (Wildman–Crippen LogP) is 4.68. The van der Waals surface area contributed by atoms with Gasteiger partial charge >= 0.3 is 6.18 Å². The number of pyridine rings is 1. The van der Waals surface area contributed by atoms with Crippen molar-refractivity contribution in [3.05, 3.63) is 77.4 Å². The Hall–Kier alpha value is -3.62. The highest BCUT2D eigenvalue weighted by atomic mass is 19.4. The van der Waals surface area contributed by atoms with E-state index in [4.69, 9.17) is 0 Å². The fraction of sp³-hybridized carbons (Fsp3) is 0.227. The molecule has 0 saturated heterocycles. The lowest BCUT2D eigenvalue weighted by atomic mass is 10.1. The molecule has 2 aromatic heterocycles. The van der Waals surface area contributed by atoms with E-state index in [1.807, 2.05) is 6.92 Å². The van der Waals surface area contributed by atoms with E-state index in [1.165, 1.54) is 23.2 Å². The molecular formula is C22H19F3N4O2. The molecule has 3 heterocycles. The van der Waals surface area contributed by atoms with Gasteiger partial charge in [0, 0.05) is 41.9 Å². The van der Waals surface area contributed by atoms with Crippen LogP contribution in [0.25, 0.3) is 0 Å². The molecule has 31 heavy (non-hydrogen) atoms. The van der Waals surface area contributed by atoms with Gasteiger partial charge in [-0.25, -0.2) is 0 Å². The first-order valence-corrected chi connectivity index (χ1v) is 9.59. The van der Waals surface area contributed by atoms with Crippen LogP contribution in [-0.2, 0) is 6.18 Å². The van der Waals surface area contributed by atoms with E-state index in [2.05, 4.69) is 10.3 Å². The predicted molar refractivity (Wildman–Crippen MR) is 109 cm³/mol. The second-order valence-electron chi connectivity index (χ2n) is 7.43. The third-order valence-electron chi connectivity index (χ3n) is 5.20. The second-order valence-corrected chi connectivity index (χ2v) is 7.43. The molecule has 1 atom stereocenters. The van der Waals surface area contributed by atoms with Gasteiger partial charge in [-0.05, 0) is 56.3 Å². The van der Waals surface area contributed by atoms with Crippen molar-refractivity contribution in [1.29, 1.82) is 0 Å². The molecule has 0 unspecified atom stereocenters. The lowest BCUT2D eigenvalue weighted by molar-refractivity contribution is -0.137. The van der Waals surface area contributed by atoms with Crippen LogP contribution in [0.5, 0.6) is 0 Å². The van der Waals surface area contributed by atoms with E-state index in [0.29, 0.717) is 29.2 Å². The second kappa shape index (κ2) is 7.57. The number of carbonyl (C=O) groups excluding carboxylic acids is 2. The maximum Gasteiger partial charge on any atom is 0.416 e. The average Bonchev–Trinajstić information content (AvgIpc) is 3.14. The fourth-order valence-corrected chi connectivity index (χ4v) is 3.64. The first kappa shape index (κ1) is 20.6. The Bertz CT molecular complexity index is 1150.